The van der Waals surface area contributed by atoms with Crippen LogP contribution in [0.1, 0.15) is 55.6 Å². The molecule has 5 rings (SSSR count). The van der Waals surface area contributed by atoms with Crippen LogP contribution < -0.4 is 5.32 Å². The molecule has 1 aliphatic heterocycles. The van der Waals surface area contributed by atoms with Crippen molar-refractivity contribution in [2.24, 2.45) is 5.92 Å². The monoisotopic (exact) mass is 435 g/mol. The van der Waals surface area contributed by atoms with Crippen LogP contribution in [0.4, 0.5) is 0 Å². The minimum Gasteiger partial charge on any atom is -0.351 e. The highest BCUT2D eigenvalue weighted by molar-refractivity contribution is 7.17. The standard InChI is InChI=1S/C25H29N3O2S/c1-17-8-10-19(11-9-17)26-24(30)25(2)16-27-20-12-13-31-22(20)14-21(27)23(29)28(25)15-18-6-4-3-5-7-18/h3-7,12-14,17,19H,8-11,15-16H2,1-2H3,(H,26,30). The second kappa shape index (κ2) is 7.83. The van der Waals surface area contributed by atoms with E-state index in [1.165, 1.54) is 0 Å². The van der Waals surface area contributed by atoms with E-state index in [-0.39, 0.29) is 17.9 Å². The van der Waals surface area contributed by atoms with Gasteiger partial charge in [-0.3, -0.25) is 9.59 Å². The van der Waals surface area contributed by atoms with Crippen molar-refractivity contribution in [1.82, 2.24) is 14.8 Å². The van der Waals surface area contributed by atoms with E-state index in [9.17, 15) is 9.59 Å². The molecule has 0 bridgehead atoms. The van der Waals surface area contributed by atoms with Gasteiger partial charge in [-0.1, -0.05) is 37.3 Å². The maximum Gasteiger partial charge on any atom is 0.271 e. The molecule has 0 radical (unpaired) electrons. The lowest BCUT2D eigenvalue weighted by atomic mass is 9.86. The molecule has 1 saturated carbocycles. The van der Waals surface area contributed by atoms with Crippen molar-refractivity contribution in [3.63, 3.8) is 0 Å². The van der Waals surface area contributed by atoms with Crippen LogP contribution in [0.25, 0.3) is 10.2 Å². The molecule has 3 aromatic rings. The molecule has 0 spiro atoms. The number of carbonyl (C=O) groups excluding carboxylic acids is 2. The van der Waals surface area contributed by atoms with Crippen molar-refractivity contribution < 1.29 is 9.59 Å². The van der Waals surface area contributed by atoms with Gasteiger partial charge in [-0.2, -0.15) is 0 Å². The molecular weight excluding hydrogens is 406 g/mol. The molecule has 5 nitrogen and oxygen atoms in total. The van der Waals surface area contributed by atoms with Gasteiger partial charge in [-0.15, -0.1) is 11.3 Å². The molecule has 2 aliphatic rings. The molecule has 1 aromatic carbocycles. The molecule has 31 heavy (non-hydrogen) atoms. The highest BCUT2D eigenvalue weighted by atomic mass is 32.1. The maximum absolute atomic E-state index is 13.7. The number of hydrogen-bond acceptors (Lipinski definition) is 3. The van der Waals surface area contributed by atoms with Crippen LogP contribution in [-0.2, 0) is 17.9 Å². The zero-order chi connectivity index (χ0) is 21.6. The maximum atomic E-state index is 13.7. The van der Waals surface area contributed by atoms with Crippen molar-refractivity contribution in [2.75, 3.05) is 0 Å². The highest BCUT2D eigenvalue weighted by Gasteiger charge is 2.48. The van der Waals surface area contributed by atoms with E-state index >= 15 is 0 Å². The predicted molar refractivity (Wildman–Crippen MR) is 124 cm³/mol. The number of nitrogens with one attached hydrogen (secondary N) is 1. The van der Waals surface area contributed by atoms with Gasteiger partial charge in [0.2, 0.25) is 5.91 Å². The molecule has 3 heterocycles. The summed E-state index contributed by atoms with van der Waals surface area (Å²) in [5, 5.41) is 5.35. The van der Waals surface area contributed by atoms with Crippen LogP contribution in [0, 0.1) is 5.92 Å². The quantitative estimate of drug-likeness (QED) is 0.639. The molecule has 1 atom stereocenters. The molecule has 2 amide bonds. The number of benzene rings is 1. The number of aromatic nitrogens is 1. The second-order valence-electron chi connectivity index (χ2n) is 9.37. The number of fused-ring (bicyclic) bond motifs is 3. The number of nitrogens with zero attached hydrogens (tertiary/aromatic N) is 2. The van der Waals surface area contributed by atoms with E-state index in [0.717, 1.165) is 47.4 Å². The summed E-state index contributed by atoms with van der Waals surface area (Å²) in [4.78, 5) is 29.2. The zero-order valence-electron chi connectivity index (χ0n) is 18.1. The summed E-state index contributed by atoms with van der Waals surface area (Å²) in [6, 6.07) is 14.2. The van der Waals surface area contributed by atoms with Crippen LogP contribution >= 0.6 is 11.3 Å². The Hall–Kier alpha value is -2.60. The van der Waals surface area contributed by atoms with Gasteiger partial charge in [0.15, 0.2) is 0 Å². The highest BCUT2D eigenvalue weighted by Crippen LogP contribution is 2.35. The summed E-state index contributed by atoms with van der Waals surface area (Å²) < 4.78 is 3.13. The molecule has 1 N–H and O–H groups in total. The number of hydrogen-bond donors (Lipinski definition) is 1. The second-order valence-corrected chi connectivity index (χ2v) is 10.3. The molecular formula is C25H29N3O2S. The first kappa shape index (κ1) is 20.3. The van der Waals surface area contributed by atoms with Gasteiger partial charge in [0.25, 0.3) is 5.91 Å². The van der Waals surface area contributed by atoms with Gasteiger partial charge in [0, 0.05) is 12.6 Å². The van der Waals surface area contributed by atoms with Gasteiger partial charge in [0.05, 0.1) is 16.8 Å². The van der Waals surface area contributed by atoms with E-state index in [1.54, 1.807) is 16.2 Å². The Bertz CT molecular complexity index is 1110. The third-order valence-electron chi connectivity index (χ3n) is 7.07. The number of amides is 2. The molecule has 1 aliphatic carbocycles. The molecule has 1 fully saturated rings. The average molecular weight is 436 g/mol. The zero-order valence-corrected chi connectivity index (χ0v) is 19.0. The summed E-state index contributed by atoms with van der Waals surface area (Å²) in [5.74, 6) is 0.608. The van der Waals surface area contributed by atoms with Crippen molar-refractivity contribution in [3.05, 3.63) is 59.1 Å². The number of rotatable bonds is 4. The van der Waals surface area contributed by atoms with E-state index in [1.807, 2.05) is 59.3 Å². The van der Waals surface area contributed by atoms with Gasteiger partial charge < -0.3 is 14.8 Å². The lowest BCUT2D eigenvalue weighted by Crippen LogP contribution is -2.64. The Morgan fingerprint density at radius 1 is 1.16 bits per heavy atom. The Morgan fingerprint density at radius 2 is 1.90 bits per heavy atom. The minimum atomic E-state index is -0.948. The molecule has 0 saturated heterocycles. The normalized spacial score (nSPS) is 26.1. The summed E-state index contributed by atoms with van der Waals surface area (Å²) in [6.07, 6.45) is 4.31. The van der Waals surface area contributed by atoms with Crippen molar-refractivity contribution in [3.8, 4) is 0 Å². The first-order valence-corrected chi connectivity index (χ1v) is 12.1. The van der Waals surface area contributed by atoms with E-state index in [2.05, 4.69) is 12.2 Å². The smallest absolute Gasteiger partial charge is 0.271 e. The fourth-order valence-corrected chi connectivity index (χ4v) is 5.85. The number of thiophene rings is 1. The Balaban J connectivity index is 1.50. The van der Waals surface area contributed by atoms with Gasteiger partial charge in [0.1, 0.15) is 11.2 Å². The summed E-state index contributed by atoms with van der Waals surface area (Å²) >= 11 is 1.63. The molecule has 6 heteroatoms. The third-order valence-corrected chi connectivity index (χ3v) is 7.93. The Labute approximate surface area is 187 Å². The summed E-state index contributed by atoms with van der Waals surface area (Å²) in [7, 11) is 0. The lowest BCUT2D eigenvalue weighted by Gasteiger charge is -2.45. The first-order chi connectivity index (χ1) is 15.0. The minimum absolute atomic E-state index is 0.0425. The lowest BCUT2D eigenvalue weighted by molar-refractivity contribution is -0.134. The van der Waals surface area contributed by atoms with Crippen LogP contribution in [0.5, 0.6) is 0 Å². The van der Waals surface area contributed by atoms with Gasteiger partial charge >= 0.3 is 0 Å². The first-order valence-electron chi connectivity index (χ1n) is 11.2. The van der Waals surface area contributed by atoms with E-state index < -0.39 is 5.54 Å². The molecule has 2 aromatic heterocycles. The largest absolute Gasteiger partial charge is 0.351 e. The average Bonchev–Trinajstić information content (AvgIpc) is 3.36. The van der Waals surface area contributed by atoms with Gasteiger partial charge in [-0.05, 0) is 61.6 Å². The molecule has 1 unspecified atom stereocenters. The third kappa shape index (κ3) is 3.57. The van der Waals surface area contributed by atoms with Crippen LogP contribution in [0.2, 0.25) is 0 Å². The Kier molecular flexibility index (Phi) is 5.13. The van der Waals surface area contributed by atoms with E-state index in [0.29, 0.717) is 18.8 Å². The van der Waals surface area contributed by atoms with Crippen molar-refractivity contribution in [1.29, 1.82) is 0 Å². The fourth-order valence-electron chi connectivity index (χ4n) is 5.03. The fraction of sp³-hybridized carbons (Fsp3) is 0.440. The Morgan fingerprint density at radius 3 is 2.65 bits per heavy atom. The van der Waals surface area contributed by atoms with Crippen LogP contribution in [0.15, 0.2) is 47.8 Å². The molecule has 162 valence electrons. The SMILES string of the molecule is CC1CCC(NC(=O)C2(C)Cn3c(cc4sccc43)C(=O)N2Cc2ccccc2)CC1. The van der Waals surface area contributed by atoms with Crippen LogP contribution in [0.3, 0.4) is 0 Å². The topological polar surface area (TPSA) is 54.3 Å². The predicted octanol–water partition coefficient (Wildman–Crippen LogP) is 4.81. The number of carbonyl (C=O) groups is 2. The summed E-state index contributed by atoms with van der Waals surface area (Å²) in [6.45, 7) is 5.09. The summed E-state index contributed by atoms with van der Waals surface area (Å²) in [5.41, 5.74) is 1.80. The van der Waals surface area contributed by atoms with Crippen molar-refractivity contribution >= 4 is 33.4 Å². The van der Waals surface area contributed by atoms with Crippen LogP contribution in [-0.4, -0.2) is 32.9 Å². The van der Waals surface area contributed by atoms with E-state index in [4.69, 9.17) is 0 Å². The van der Waals surface area contributed by atoms with Crippen molar-refractivity contribution in [2.45, 2.75) is 64.2 Å². The van der Waals surface area contributed by atoms with Gasteiger partial charge in [-0.25, -0.2) is 0 Å².